The Bertz CT molecular complexity index is 951. The van der Waals surface area contributed by atoms with Crippen molar-refractivity contribution in [2.45, 2.75) is 204 Å². The van der Waals surface area contributed by atoms with Gasteiger partial charge >= 0.3 is 0 Å². The van der Waals surface area contributed by atoms with E-state index in [-0.39, 0.29) is 12.5 Å². The molecule has 0 bridgehead atoms. The second kappa shape index (κ2) is 33.7. The van der Waals surface area contributed by atoms with Crippen LogP contribution in [0.25, 0.3) is 0 Å². The number of amides is 1. The number of aliphatic hydroxyl groups excluding tert-OH is 5. The summed E-state index contributed by atoms with van der Waals surface area (Å²) in [7, 11) is 0. The zero-order valence-electron chi connectivity index (χ0n) is 32.8. The number of aliphatic hydroxyl groups is 5. The molecule has 1 amide bonds. The number of hydrogen-bond donors (Lipinski definition) is 6. The minimum absolute atomic E-state index is 0.196. The number of rotatable bonds is 33. The number of allylic oxidation sites excluding steroid dienone is 7. The lowest BCUT2D eigenvalue weighted by atomic mass is 9.99. The van der Waals surface area contributed by atoms with Gasteiger partial charge in [0.25, 0.3) is 0 Å². The fourth-order valence-electron chi connectivity index (χ4n) is 6.20. The molecule has 0 aromatic rings. The van der Waals surface area contributed by atoms with E-state index in [1.807, 2.05) is 6.08 Å². The highest BCUT2D eigenvalue weighted by Crippen LogP contribution is 2.22. The first kappa shape index (κ1) is 48.2. The lowest BCUT2D eigenvalue weighted by molar-refractivity contribution is -0.302. The van der Waals surface area contributed by atoms with E-state index in [0.29, 0.717) is 6.42 Å². The van der Waals surface area contributed by atoms with Gasteiger partial charge in [0.2, 0.25) is 5.91 Å². The van der Waals surface area contributed by atoms with Crippen molar-refractivity contribution in [1.29, 1.82) is 0 Å². The fourth-order valence-corrected chi connectivity index (χ4v) is 6.20. The Morgan fingerprint density at radius 2 is 1.15 bits per heavy atom. The van der Waals surface area contributed by atoms with Crippen molar-refractivity contribution in [2.24, 2.45) is 0 Å². The molecular weight excluding hydrogens is 658 g/mol. The molecular formula is C43H77NO8. The third-order valence-electron chi connectivity index (χ3n) is 9.63. The predicted molar refractivity (Wildman–Crippen MR) is 212 cm³/mol. The van der Waals surface area contributed by atoms with Gasteiger partial charge in [0, 0.05) is 6.42 Å². The molecule has 1 rings (SSSR count). The van der Waals surface area contributed by atoms with E-state index in [0.717, 1.165) is 51.4 Å². The quantitative estimate of drug-likeness (QED) is 0.0295. The van der Waals surface area contributed by atoms with Crippen molar-refractivity contribution in [2.75, 3.05) is 13.2 Å². The zero-order valence-corrected chi connectivity index (χ0v) is 32.8. The van der Waals surface area contributed by atoms with Crippen LogP contribution in [0.15, 0.2) is 48.6 Å². The van der Waals surface area contributed by atoms with Crippen molar-refractivity contribution in [3.05, 3.63) is 48.6 Å². The lowest BCUT2D eigenvalue weighted by Crippen LogP contribution is -2.60. The number of carbonyl (C=O) groups excluding carboxylic acids is 1. The van der Waals surface area contributed by atoms with Gasteiger partial charge in [-0.25, -0.2) is 0 Å². The highest BCUT2D eigenvalue weighted by Gasteiger charge is 2.44. The monoisotopic (exact) mass is 736 g/mol. The molecule has 0 aliphatic carbocycles. The maximum absolute atomic E-state index is 12.9. The highest BCUT2D eigenvalue weighted by molar-refractivity contribution is 5.76. The standard InChI is InChI=1S/C43H77NO8/c1-3-5-7-9-11-13-15-16-17-18-19-20-21-22-23-25-27-29-31-33-39(47)44-36(35-51-43-42(50)41(49)40(48)38(34-45)52-43)37(46)32-30-28-26-24-14-12-10-8-6-4-2/h11,13-14,16-17,24,30,32,36-38,40-43,45-46,48-50H,3-10,12,15,18-23,25-29,31,33-35H2,1-2H3,(H,44,47)/b13-11-,17-16-,24-14+,32-30+. The van der Waals surface area contributed by atoms with Crippen LogP contribution in [0, 0.1) is 0 Å². The van der Waals surface area contributed by atoms with Crippen LogP contribution in [-0.2, 0) is 14.3 Å². The van der Waals surface area contributed by atoms with Gasteiger partial charge in [-0.15, -0.1) is 0 Å². The van der Waals surface area contributed by atoms with Gasteiger partial charge in [0.15, 0.2) is 6.29 Å². The Morgan fingerprint density at radius 3 is 1.77 bits per heavy atom. The molecule has 1 aliphatic rings. The molecule has 0 aromatic heterocycles. The van der Waals surface area contributed by atoms with Crippen LogP contribution in [0.2, 0.25) is 0 Å². The van der Waals surface area contributed by atoms with Crippen LogP contribution in [0.5, 0.6) is 0 Å². The Kier molecular flexibility index (Phi) is 31.2. The lowest BCUT2D eigenvalue weighted by Gasteiger charge is -2.40. The van der Waals surface area contributed by atoms with Crippen molar-refractivity contribution in [3.8, 4) is 0 Å². The molecule has 1 fully saturated rings. The van der Waals surface area contributed by atoms with Crippen LogP contribution in [-0.4, -0.2) is 87.5 Å². The van der Waals surface area contributed by atoms with Gasteiger partial charge in [0.05, 0.1) is 25.4 Å². The first-order chi connectivity index (χ1) is 25.3. The number of carbonyl (C=O) groups is 1. The van der Waals surface area contributed by atoms with Crippen LogP contribution < -0.4 is 5.32 Å². The van der Waals surface area contributed by atoms with Crippen molar-refractivity contribution >= 4 is 5.91 Å². The predicted octanol–water partition coefficient (Wildman–Crippen LogP) is 7.89. The maximum Gasteiger partial charge on any atom is 0.220 e. The van der Waals surface area contributed by atoms with E-state index < -0.39 is 49.5 Å². The summed E-state index contributed by atoms with van der Waals surface area (Å²) >= 11 is 0. The van der Waals surface area contributed by atoms with E-state index in [9.17, 15) is 30.3 Å². The molecule has 1 aliphatic heterocycles. The molecule has 7 unspecified atom stereocenters. The van der Waals surface area contributed by atoms with Gasteiger partial charge in [-0.05, 0) is 64.2 Å². The van der Waals surface area contributed by atoms with Crippen molar-refractivity contribution in [3.63, 3.8) is 0 Å². The summed E-state index contributed by atoms with van der Waals surface area (Å²) in [5, 5.41) is 53.9. The topological polar surface area (TPSA) is 149 Å². The van der Waals surface area contributed by atoms with Gasteiger partial charge < -0.3 is 40.3 Å². The minimum atomic E-state index is -1.57. The van der Waals surface area contributed by atoms with Crippen LogP contribution in [0.4, 0.5) is 0 Å². The molecule has 0 spiro atoms. The molecule has 52 heavy (non-hydrogen) atoms. The molecule has 1 saturated heterocycles. The van der Waals surface area contributed by atoms with Crippen LogP contribution in [0.1, 0.15) is 162 Å². The third kappa shape index (κ3) is 24.5. The summed E-state index contributed by atoms with van der Waals surface area (Å²) in [5.41, 5.74) is 0. The first-order valence-electron chi connectivity index (χ1n) is 20.9. The Labute approximate surface area is 316 Å². The summed E-state index contributed by atoms with van der Waals surface area (Å²) in [6.07, 6.45) is 34.4. The summed E-state index contributed by atoms with van der Waals surface area (Å²) < 4.78 is 11.1. The summed E-state index contributed by atoms with van der Waals surface area (Å²) in [6, 6.07) is -0.821. The SMILES string of the molecule is CCCCC/C=C\C/C=C\CCCCCCCCCCCC(=O)NC(COC1OC(CO)C(O)C(O)C1O)C(O)/C=C/CC/C=C/CCCCCC. The van der Waals surface area contributed by atoms with E-state index in [1.165, 1.54) is 89.9 Å². The Morgan fingerprint density at radius 1 is 0.654 bits per heavy atom. The third-order valence-corrected chi connectivity index (χ3v) is 9.63. The van der Waals surface area contributed by atoms with Crippen molar-refractivity contribution < 1.29 is 39.8 Å². The average molecular weight is 736 g/mol. The molecule has 9 heteroatoms. The van der Waals surface area contributed by atoms with E-state index >= 15 is 0 Å². The minimum Gasteiger partial charge on any atom is -0.394 e. The summed E-state index contributed by atoms with van der Waals surface area (Å²) in [6.45, 7) is 3.67. The van der Waals surface area contributed by atoms with Gasteiger partial charge in [-0.1, -0.05) is 140 Å². The van der Waals surface area contributed by atoms with Gasteiger partial charge in [0.1, 0.15) is 24.4 Å². The molecule has 1 heterocycles. The first-order valence-corrected chi connectivity index (χ1v) is 20.9. The Hall–Kier alpha value is -1.85. The largest absolute Gasteiger partial charge is 0.394 e. The number of ether oxygens (including phenoxy) is 2. The number of nitrogens with one attached hydrogen (secondary N) is 1. The maximum atomic E-state index is 12.9. The second-order valence-corrected chi connectivity index (χ2v) is 14.4. The molecule has 0 saturated carbocycles. The summed E-state index contributed by atoms with van der Waals surface area (Å²) in [5.74, 6) is -0.196. The Balaban J connectivity index is 2.37. The zero-order chi connectivity index (χ0) is 38.1. The number of hydrogen-bond acceptors (Lipinski definition) is 8. The molecule has 0 aromatic carbocycles. The molecule has 6 N–H and O–H groups in total. The molecule has 9 nitrogen and oxygen atoms in total. The van der Waals surface area contributed by atoms with Crippen LogP contribution >= 0.6 is 0 Å². The smallest absolute Gasteiger partial charge is 0.220 e. The van der Waals surface area contributed by atoms with Gasteiger partial charge in [-0.3, -0.25) is 4.79 Å². The van der Waals surface area contributed by atoms with Gasteiger partial charge in [-0.2, -0.15) is 0 Å². The molecule has 0 radical (unpaired) electrons. The van der Waals surface area contributed by atoms with Crippen molar-refractivity contribution in [1.82, 2.24) is 5.32 Å². The van der Waals surface area contributed by atoms with E-state index in [4.69, 9.17) is 9.47 Å². The average Bonchev–Trinajstić information content (AvgIpc) is 3.14. The van der Waals surface area contributed by atoms with E-state index in [1.54, 1.807) is 6.08 Å². The highest BCUT2D eigenvalue weighted by atomic mass is 16.7. The summed E-state index contributed by atoms with van der Waals surface area (Å²) in [4.78, 5) is 12.9. The normalized spacial score (nSPS) is 22.3. The fraction of sp³-hybridized carbons (Fsp3) is 0.791. The number of unbranched alkanes of at least 4 members (excludes halogenated alkanes) is 17. The molecule has 302 valence electrons. The second-order valence-electron chi connectivity index (χ2n) is 14.4. The van der Waals surface area contributed by atoms with E-state index in [2.05, 4.69) is 55.6 Å². The van der Waals surface area contributed by atoms with Crippen LogP contribution in [0.3, 0.4) is 0 Å². The molecule has 7 atom stereocenters.